The van der Waals surface area contributed by atoms with Gasteiger partial charge in [-0.2, -0.15) is 16.8 Å². The molecule has 0 bridgehead atoms. The maximum atomic E-state index is 12.8. The fourth-order valence-corrected chi connectivity index (χ4v) is 4.92. The molecule has 0 fully saturated rings. The molecule has 29 heavy (non-hydrogen) atoms. The fraction of sp³-hybridized carbons (Fsp3) is 0.333. The summed E-state index contributed by atoms with van der Waals surface area (Å²) in [7, 11) is 0. The number of thiazole rings is 1. The Labute approximate surface area is 177 Å². The van der Waals surface area contributed by atoms with Crippen molar-refractivity contribution in [3.05, 3.63) is 67.5 Å². The van der Waals surface area contributed by atoms with Crippen LogP contribution in [0.5, 0.6) is 0 Å². The molecule has 0 unspecified atom stereocenters. The number of non-ortho nitro benzene ring substituents is 1. The van der Waals surface area contributed by atoms with Crippen molar-refractivity contribution in [2.45, 2.75) is 33.7 Å². The molecule has 2 aromatic carbocycles. The number of nitro groups is 1. The predicted octanol–water partition coefficient (Wildman–Crippen LogP) is 4.57. The van der Waals surface area contributed by atoms with Crippen molar-refractivity contribution in [2.24, 2.45) is 4.99 Å². The third-order valence-electron chi connectivity index (χ3n) is 4.78. The molecule has 0 saturated carbocycles. The molecule has 1 amide bonds. The normalized spacial score (nSPS) is 11.9. The summed E-state index contributed by atoms with van der Waals surface area (Å²) in [6, 6.07) is 8.93. The smallest absolute Gasteiger partial charge is 0.270 e. The van der Waals surface area contributed by atoms with E-state index in [0.29, 0.717) is 11.3 Å². The molecule has 0 saturated heterocycles. The van der Waals surface area contributed by atoms with Gasteiger partial charge in [-0.05, 0) is 49.8 Å². The molecule has 3 aromatic rings. The van der Waals surface area contributed by atoms with Crippen LogP contribution < -0.4 is 4.80 Å². The van der Waals surface area contributed by atoms with E-state index in [2.05, 4.69) is 17.1 Å². The molecular formula is C21H23N3O3S2. The Morgan fingerprint density at radius 2 is 1.90 bits per heavy atom. The molecule has 0 N–H and O–H groups in total. The van der Waals surface area contributed by atoms with Gasteiger partial charge in [0.15, 0.2) is 4.80 Å². The SMILES string of the molecule is CSCCn1c(=NC(=O)Cc2c(C)cc(C)cc2C)sc2cc([N+](=O)[O-])ccc21. The zero-order valence-electron chi connectivity index (χ0n) is 16.9. The third-order valence-corrected chi connectivity index (χ3v) is 6.42. The van der Waals surface area contributed by atoms with Crippen LogP contribution in [-0.2, 0) is 17.8 Å². The van der Waals surface area contributed by atoms with E-state index in [1.807, 2.05) is 31.6 Å². The van der Waals surface area contributed by atoms with Crippen LogP contribution in [0, 0.1) is 30.9 Å². The fourth-order valence-electron chi connectivity index (χ4n) is 3.45. The van der Waals surface area contributed by atoms with Gasteiger partial charge in [0.2, 0.25) is 0 Å². The van der Waals surface area contributed by atoms with E-state index in [4.69, 9.17) is 0 Å². The minimum Gasteiger partial charge on any atom is -0.316 e. The highest BCUT2D eigenvalue weighted by atomic mass is 32.2. The Morgan fingerprint density at radius 3 is 2.52 bits per heavy atom. The van der Waals surface area contributed by atoms with Crippen LogP contribution in [0.2, 0.25) is 0 Å². The Hall–Kier alpha value is -2.45. The van der Waals surface area contributed by atoms with Gasteiger partial charge in [-0.15, -0.1) is 0 Å². The largest absolute Gasteiger partial charge is 0.316 e. The summed E-state index contributed by atoms with van der Waals surface area (Å²) in [4.78, 5) is 28.4. The molecule has 0 aliphatic carbocycles. The molecule has 3 rings (SSSR count). The summed E-state index contributed by atoms with van der Waals surface area (Å²) < 4.78 is 2.74. The minimum atomic E-state index is -0.406. The zero-order chi connectivity index (χ0) is 21.1. The quantitative estimate of drug-likeness (QED) is 0.425. The van der Waals surface area contributed by atoms with E-state index in [9.17, 15) is 14.9 Å². The maximum absolute atomic E-state index is 12.8. The van der Waals surface area contributed by atoms with Crippen molar-refractivity contribution >= 4 is 44.9 Å². The first-order chi connectivity index (χ1) is 13.8. The number of hydrogen-bond acceptors (Lipinski definition) is 5. The van der Waals surface area contributed by atoms with Crippen molar-refractivity contribution in [3.63, 3.8) is 0 Å². The maximum Gasteiger partial charge on any atom is 0.270 e. The van der Waals surface area contributed by atoms with E-state index in [0.717, 1.165) is 32.7 Å². The van der Waals surface area contributed by atoms with Crippen LogP contribution in [0.3, 0.4) is 0 Å². The minimum absolute atomic E-state index is 0.0412. The Kier molecular flexibility index (Phi) is 6.54. The average Bonchev–Trinajstić information content (AvgIpc) is 2.98. The van der Waals surface area contributed by atoms with Crippen LogP contribution in [-0.4, -0.2) is 27.4 Å². The Balaban J connectivity index is 2.03. The summed E-state index contributed by atoms with van der Waals surface area (Å²) >= 11 is 3.02. The van der Waals surface area contributed by atoms with Crippen LogP contribution in [0.1, 0.15) is 22.3 Å². The summed E-state index contributed by atoms with van der Waals surface area (Å²) in [5.41, 5.74) is 5.27. The van der Waals surface area contributed by atoms with E-state index in [1.54, 1.807) is 23.9 Å². The summed E-state index contributed by atoms with van der Waals surface area (Å²) in [5.74, 6) is 0.652. The molecule has 0 atom stereocenters. The number of thioether (sulfide) groups is 1. The van der Waals surface area contributed by atoms with E-state index >= 15 is 0 Å². The van der Waals surface area contributed by atoms with E-state index < -0.39 is 4.92 Å². The van der Waals surface area contributed by atoms with Crippen LogP contribution in [0.15, 0.2) is 35.3 Å². The lowest BCUT2D eigenvalue weighted by atomic mass is 9.97. The van der Waals surface area contributed by atoms with Crippen LogP contribution >= 0.6 is 23.1 Å². The predicted molar refractivity (Wildman–Crippen MR) is 120 cm³/mol. The molecule has 8 heteroatoms. The van der Waals surface area contributed by atoms with Gasteiger partial charge in [0.25, 0.3) is 11.6 Å². The first-order valence-electron chi connectivity index (χ1n) is 9.21. The number of fused-ring (bicyclic) bond motifs is 1. The number of hydrogen-bond donors (Lipinski definition) is 0. The molecule has 0 aliphatic rings. The standard InChI is InChI=1S/C21H23N3O3S2/c1-13-9-14(2)17(15(3)10-13)12-20(25)22-21-23(7-8-28-4)18-6-5-16(24(26)27)11-19(18)29-21/h5-6,9-11H,7-8,12H2,1-4H3. The number of carbonyl (C=O) groups excluding carboxylic acids is 1. The van der Waals surface area contributed by atoms with Crippen molar-refractivity contribution in [2.75, 3.05) is 12.0 Å². The number of carbonyl (C=O) groups is 1. The van der Waals surface area contributed by atoms with Gasteiger partial charge in [-0.3, -0.25) is 14.9 Å². The second-order valence-electron chi connectivity index (χ2n) is 7.00. The topological polar surface area (TPSA) is 77.5 Å². The zero-order valence-corrected chi connectivity index (χ0v) is 18.5. The second-order valence-corrected chi connectivity index (χ2v) is 8.99. The summed E-state index contributed by atoms with van der Waals surface area (Å²) in [6.45, 7) is 6.76. The van der Waals surface area contributed by atoms with Gasteiger partial charge in [0.05, 0.1) is 21.6 Å². The highest BCUT2D eigenvalue weighted by Crippen LogP contribution is 2.24. The van der Waals surface area contributed by atoms with Crippen molar-refractivity contribution < 1.29 is 9.72 Å². The van der Waals surface area contributed by atoms with Crippen molar-refractivity contribution in [3.8, 4) is 0 Å². The lowest BCUT2D eigenvalue weighted by molar-refractivity contribution is -0.384. The number of amides is 1. The summed E-state index contributed by atoms with van der Waals surface area (Å²) in [5, 5.41) is 11.1. The number of aromatic nitrogens is 1. The number of benzene rings is 2. The lowest BCUT2D eigenvalue weighted by Gasteiger charge is -2.09. The van der Waals surface area contributed by atoms with Gasteiger partial charge in [0.1, 0.15) is 0 Å². The average molecular weight is 430 g/mol. The molecular weight excluding hydrogens is 406 g/mol. The Morgan fingerprint density at radius 1 is 1.21 bits per heavy atom. The van der Waals surface area contributed by atoms with Crippen LogP contribution in [0.25, 0.3) is 10.2 Å². The number of nitrogens with zero attached hydrogens (tertiary/aromatic N) is 3. The first kappa shape index (κ1) is 21.3. The third kappa shape index (κ3) is 4.76. The van der Waals surface area contributed by atoms with E-state index in [-0.39, 0.29) is 18.0 Å². The first-order valence-corrected chi connectivity index (χ1v) is 11.4. The van der Waals surface area contributed by atoms with Crippen LogP contribution in [0.4, 0.5) is 5.69 Å². The van der Waals surface area contributed by atoms with Gasteiger partial charge in [0, 0.05) is 24.4 Å². The lowest BCUT2D eigenvalue weighted by Crippen LogP contribution is -2.19. The molecule has 152 valence electrons. The van der Waals surface area contributed by atoms with Gasteiger partial charge >= 0.3 is 0 Å². The summed E-state index contributed by atoms with van der Waals surface area (Å²) in [6.07, 6.45) is 2.26. The number of nitro benzene ring substituents is 1. The number of rotatable bonds is 6. The molecule has 1 aromatic heterocycles. The second kappa shape index (κ2) is 8.92. The molecule has 1 heterocycles. The van der Waals surface area contributed by atoms with Gasteiger partial charge in [-0.1, -0.05) is 29.0 Å². The van der Waals surface area contributed by atoms with Gasteiger partial charge < -0.3 is 4.57 Å². The molecule has 0 radical (unpaired) electrons. The van der Waals surface area contributed by atoms with Gasteiger partial charge in [-0.25, -0.2) is 0 Å². The highest BCUT2D eigenvalue weighted by molar-refractivity contribution is 7.98. The van der Waals surface area contributed by atoms with E-state index in [1.165, 1.54) is 23.0 Å². The molecule has 6 nitrogen and oxygen atoms in total. The monoisotopic (exact) mass is 429 g/mol. The van der Waals surface area contributed by atoms with Crippen molar-refractivity contribution in [1.82, 2.24) is 4.57 Å². The molecule has 0 spiro atoms. The Bertz CT molecular complexity index is 1140. The van der Waals surface area contributed by atoms with Crippen molar-refractivity contribution in [1.29, 1.82) is 0 Å². The molecule has 0 aliphatic heterocycles. The number of aryl methyl sites for hydroxylation is 4. The highest BCUT2D eigenvalue weighted by Gasteiger charge is 2.14.